The van der Waals surface area contributed by atoms with Crippen molar-refractivity contribution in [3.63, 3.8) is 0 Å². The van der Waals surface area contributed by atoms with E-state index in [0.29, 0.717) is 0 Å². The number of nitrogens with zero attached hydrogens (tertiary/aromatic N) is 2. The Morgan fingerprint density at radius 2 is 1.33 bits per heavy atom. The molecular weight excluding hydrogens is 400 g/mol. The molecule has 3 aromatic carbocycles. The van der Waals surface area contributed by atoms with Gasteiger partial charge in [0.15, 0.2) is 5.71 Å². The minimum Gasteiger partial charge on any atom is -0.372 e. The average Bonchev–Trinajstić information content (AvgIpc) is 2.87. The van der Waals surface area contributed by atoms with E-state index in [2.05, 4.69) is 128 Å². The van der Waals surface area contributed by atoms with Gasteiger partial charge in [0.25, 0.3) is 0 Å². The molecule has 1 aliphatic carbocycles. The highest BCUT2D eigenvalue weighted by Gasteiger charge is 2.16. The van der Waals surface area contributed by atoms with Crippen LogP contribution in [0.5, 0.6) is 0 Å². The molecule has 0 fully saturated rings. The van der Waals surface area contributed by atoms with Crippen molar-refractivity contribution in [1.29, 1.82) is 0 Å². The van der Waals surface area contributed by atoms with E-state index < -0.39 is 0 Å². The third-order valence-electron chi connectivity index (χ3n) is 6.63. The van der Waals surface area contributed by atoms with Crippen molar-refractivity contribution in [1.82, 2.24) is 0 Å². The Bertz CT molecular complexity index is 1210. The van der Waals surface area contributed by atoms with Gasteiger partial charge in [-0.25, -0.2) is 4.58 Å². The summed E-state index contributed by atoms with van der Waals surface area (Å²) in [6.07, 6.45) is 9.08. The van der Waals surface area contributed by atoms with E-state index in [1.807, 2.05) is 0 Å². The molecule has 0 unspecified atom stereocenters. The highest BCUT2D eigenvalue weighted by atomic mass is 15.1. The van der Waals surface area contributed by atoms with Crippen LogP contribution in [0.3, 0.4) is 0 Å². The van der Waals surface area contributed by atoms with Gasteiger partial charge in [-0.1, -0.05) is 54.6 Å². The summed E-state index contributed by atoms with van der Waals surface area (Å²) in [7, 11) is 0. The van der Waals surface area contributed by atoms with Crippen LogP contribution in [0.4, 0.5) is 5.69 Å². The molecule has 2 nitrogen and oxygen atoms in total. The Labute approximate surface area is 198 Å². The number of allylic oxidation sites excluding steroid dienone is 5. The zero-order valence-electron chi connectivity index (χ0n) is 20.4. The lowest BCUT2D eigenvalue weighted by Crippen LogP contribution is -2.21. The number of fused-ring (bicyclic) bond motifs is 1. The van der Waals surface area contributed by atoms with Crippen molar-refractivity contribution >= 4 is 27.7 Å². The monoisotopic (exact) mass is 435 g/mol. The average molecular weight is 436 g/mol. The summed E-state index contributed by atoms with van der Waals surface area (Å²) in [4.78, 5) is 2.39. The number of anilines is 1. The number of benzene rings is 3. The summed E-state index contributed by atoms with van der Waals surface area (Å²) in [6.45, 7) is 12.9. The summed E-state index contributed by atoms with van der Waals surface area (Å²) < 4.78 is 2.39. The van der Waals surface area contributed by atoms with Crippen LogP contribution in [0.15, 0.2) is 96.6 Å². The zero-order valence-corrected chi connectivity index (χ0v) is 20.4. The summed E-state index contributed by atoms with van der Waals surface area (Å²) in [5.74, 6) is 0. The smallest absolute Gasteiger partial charge is 0.199 e. The minimum absolute atomic E-state index is 1.02. The molecule has 0 radical (unpaired) electrons. The van der Waals surface area contributed by atoms with Crippen molar-refractivity contribution in [2.75, 3.05) is 31.1 Å². The first kappa shape index (κ1) is 22.8. The second-order valence-electron chi connectivity index (χ2n) is 8.34. The van der Waals surface area contributed by atoms with Crippen LogP contribution >= 0.6 is 0 Å². The molecule has 33 heavy (non-hydrogen) atoms. The minimum atomic E-state index is 1.02. The van der Waals surface area contributed by atoms with Crippen LogP contribution in [0.2, 0.25) is 0 Å². The third kappa shape index (κ3) is 4.71. The zero-order chi connectivity index (χ0) is 23.2. The van der Waals surface area contributed by atoms with Gasteiger partial charge in [-0.2, -0.15) is 0 Å². The molecule has 0 saturated heterocycles. The van der Waals surface area contributed by atoms with Gasteiger partial charge in [-0.3, -0.25) is 0 Å². The van der Waals surface area contributed by atoms with Crippen LogP contribution in [0.25, 0.3) is 16.3 Å². The van der Waals surface area contributed by atoms with E-state index in [4.69, 9.17) is 0 Å². The highest BCUT2D eigenvalue weighted by molar-refractivity contribution is 6.05. The number of rotatable bonds is 7. The molecule has 0 amide bonds. The van der Waals surface area contributed by atoms with E-state index in [9.17, 15) is 0 Å². The predicted octanol–water partition coefficient (Wildman–Crippen LogP) is 7.11. The largest absolute Gasteiger partial charge is 0.372 e. The maximum Gasteiger partial charge on any atom is 0.199 e. The van der Waals surface area contributed by atoms with Crippen molar-refractivity contribution in [3.05, 3.63) is 108 Å². The fourth-order valence-corrected chi connectivity index (χ4v) is 4.78. The molecule has 2 heteroatoms. The first-order valence-electron chi connectivity index (χ1n) is 12.3. The summed E-state index contributed by atoms with van der Waals surface area (Å²) in [6, 6.07) is 24.4. The standard InChI is InChI=1S/C31H35N2/c1-5-32(6-2)27-20-16-25(17-21-27)31(26-18-22-28(23-19-26)33(7-3)8-4)30-15-11-13-24-12-9-10-14-29(24)30/h9-23H,5-8H2,1-4H3/q+1. The second kappa shape index (κ2) is 10.5. The van der Waals surface area contributed by atoms with Crippen LogP contribution < -0.4 is 4.90 Å². The SMILES string of the molecule is CCN(CC)c1ccc(C(=C2C=CC(=[N+](CC)CC)C=C2)c2cccc3ccccc23)cc1. The third-order valence-corrected chi connectivity index (χ3v) is 6.63. The molecule has 0 saturated carbocycles. The fraction of sp³-hybridized carbons (Fsp3) is 0.258. The topological polar surface area (TPSA) is 6.25 Å². The Hall–Kier alpha value is -3.39. The van der Waals surface area contributed by atoms with Crippen LogP contribution in [-0.2, 0) is 0 Å². The lowest BCUT2D eigenvalue weighted by atomic mass is 9.88. The number of hydrogen-bond donors (Lipinski definition) is 0. The summed E-state index contributed by atoms with van der Waals surface area (Å²) in [5.41, 5.74) is 7.61. The van der Waals surface area contributed by atoms with Crippen molar-refractivity contribution in [2.24, 2.45) is 0 Å². The fourth-order valence-electron chi connectivity index (χ4n) is 4.78. The van der Waals surface area contributed by atoms with Crippen LogP contribution in [0, 0.1) is 0 Å². The number of hydrogen-bond acceptors (Lipinski definition) is 1. The lowest BCUT2D eigenvalue weighted by molar-refractivity contribution is -0.519. The van der Waals surface area contributed by atoms with E-state index in [-0.39, 0.29) is 0 Å². The van der Waals surface area contributed by atoms with Crippen molar-refractivity contribution in [3.8, 4) is 0 Å². The van der Waals surface area contributed by atoms with Gasteiger partial charge in [-0.15, -0.1) is 0 Å². The quantitative estimate of drug-likeness (QED) is 0.359. The first-order chi connectivity index (χ1) is 16.2. The van der Waals surface area contributed by atoms with Gasteiger partial charge in [0.1, 0.15) is 13.1 Å². The Balaban J connectivity index is 1.89. The van der Waals surface area contributed by atoms with Gasteiger partial charge in [-0.05, 0) is 85.0 Å². The molecule has 0 aromatic heterocycles. The Kier molecular flexibility index (Phi) is 7.24. The molecule has 3 aromatic rings. The maximum absolute atomic E-state index is 2.39. The van der Waals surface area contributed by atoms with E-state index in [0.717, 1.165) is 26.2 Å². The first-order valence-corrected chi connectivity index (χ1v) is 12.3. The van der Waals surface area contributed by atoms with E-state index >= 15 is 0 Å². The molecule has 4 rings (SSSR count). The second-order valence-corrected chi connectivity index (χ2v) is 8.34. The molecule has 1 aliphatic rings. The summed E-state index contributed by atoms with van der Waals surface area (Å²) >= 11 is 0. The highest BCUT2D eigenvalue weighted by Crippen LogP contribution is 2.35. The molecule has 0 atom stereocenters. The van der Waals surface area contributed by atoms with Gasteiger partial charge in [0.2, 0.25) is 0 Å². The van der Waals surface area contributed by atoms with Gasteiger partial charge in [0, 0.05) is 30.9 Å². The Morgan fingerprint density at radius 3 is 1.97 bits per heavy atom. The molecule has 0 bridgehead atoms. The van der Waals surface area contributed by atoms with Gasteiger partial charge in [0.05, 0.1) is 0 Å². The van der Waals surface area contributed by atoms with Crippen molar-refractivity contribution in [2.45, 2.75) is 27.7 Å². The van der Waals surface area contributed by atoms with Crippen molar-refractivity contribution < 1.29 is 4.58 Å². The maximum atomic E-state index is 2.39. The molecular formula is C31H35N2+. The molecule has 0 spiro atoms. The van der Waals surface area contributed by atoms with Gasteiger partial charge < -0.3 is 4.90 Å². The predicted molar refractivity (Wildman–Crippen MR) is 145 cm³/mol. The molecule has 0 heterocycles. The van der Waals surface area contributed by atoms with Crippen LogP contribution in [0.1, 0.15) is 38.8 Å². The van der Waals surface area contributed by atoms with Crippen LogP contribution in [-0.4, -0.2) is 36.5 Å². The normalized spacial score (nSPS) is 13.0. The lowest BCUT2D eigenvalue weighted by Gasteiger charge is -2.22. The molecule has 0 aliphatic heterocycles. The summed E-state index contributed by atoms with van der Waals surface area (Å²) in [5, 5.41) is 2.56. The Morgan fingerprint density at radius 1 is 0.697 bits per heavy atom. The van der Waals surface area contributed by atoms with E-state index in [1.165, 1.54) is 44.4 Å². The molecule has 0 N–H and O–H groups in total. The molecule has 168 valence electrons. The van der Waals surface area contributed by atoms with Gasteiger partial charge >= 0.3 is 0 Å². The van der Waals surface area contributed by atoms with E-state index in [1.54, 1.807) is 0 Å².